The van der Waals surface area contributed by atoms with Crippen molar-refractivity contribution < 1.29 is 43.5 Å². The third kappa shape index (κ3) is 14.3. The standard InChI is InChI=1S/C55H82N2O9S/c1-5-8-9-10-11-12-13-14-15-21-37-62-54(60)57(32-6-2)50-40-48(56-66-51-25-18-22-36-61-51)46-38-41(23-16-19-33-58)45(24-17-20-34-59)52-47-39-43(64-42-26-29-44(67-4)30-27-42)28-31-49(47)65-55(50,53(46)52)63-35-7-3/h7,26-31,38-39,41,45,50-53,58-59H,3,5-6,8-25,32-37,40H2,1-2,4H3. The van der Waals surface area contributed by atoms with Gasteiger partial charge in [0.15, 0.2) is 0 Å². The summed E-state index contributed by atoms with van der Waals surface area (Å²) in [5.74, 6) is 0.377. The van der Waals surface area contributed by atoms with Crippen molar-refractivity contribution in [1.82, 2.24) is 4.90 Å². The number of thioether (sulfide) groups is 1. The van der Waals surface area contributed by atoms with Gasteiger partial charge >= 0.3 is 6.09 Å². The van der Waals surface area contributed by atoms with Crippen LogP contribution >= 0.6 is 11.8 Å². The summed E-state index contributed by atoms with van der Waals surface area (Å²) in [5, 5.41) is 25.0. The Labute approximate surface area is 406 Å². The number of fused-ring (bicyclic) bond motifs is 2. The fourth-order valence-electron chi connectivity index (χ4n) is 10.9. The van der Waals surface area contributed by atoms with Crippen LogP contribution in [0.4, 0.5) is 4.79 Å². The van der Waals surface area contributed by atoms with E-state index in [0.29, 0.717) is 56.9 Å². The van der Waals surface area contributed by atoms with E-state index < -0.39 is 24.0 Å². The molecular formula is C55H82N2O9S. The third-order valence-corrected chi connectivity index (χ3v) is 14.9. The summed E-state index contributed by atoms with van der Waals surface area (Å²) in [5.41, 5.74) is 2.76. The molecule has 4 aliphatic rings. The number of ether oxygens (including phenoxy) is 5. The quantitative estimate of drug-likeness (QED) is 0.0338. The van der Waals surface area contributed by atoms with Gasteiger partial charge in [0, 0.05) is 49.0 Å². The molecule has 67 heavy (non-hydrogen) atoms. The molecule has 2 aromatic rings. The number of rotatable bonds is 30. The second kappa shape index (κ2) is 28.2. The van der Waals surface area contributed by atoms with Crippen LogP contribution in [-0.4, -0.2) is 90.9 Å². The van der Waals surface area contributed by atoms with Crippen LogP contribution in [0.2, 0.25) is 0 Å². The van der Waals surface area contributed by atoms with E-state index in [1.807, 2.05) is 29.2 Å². The van der Waals surface area contributed by atoms with Gasteiger partial charge in [0.05, 0.1) is 31.5 Å². The van der Waals surface area contributed by atoms with Gasteiger partial charge < -0.3 is 38.7 Å². The van der Waals surface area contributed by atoms with Gasteiger partial charge in [-0.2, -0.15) is 0 Å². The lowest BCUT2D eigenvalue weighted by molar-refractivity contribution is -0.255. The molecule has 0 spiro atoms. The van der Waals surface area contributed by atoms with Crippen LogP contribution in [0.15, 0.2) is 76.8 Å². The van der Waals surface area contributed by atoms with Gasteiger partial charge in [0.2, 0.25) is 12.1 Å². The van der Waals surface area contributed by atoms with Gasteiger partial charge in [0.25, 0.3) is 0 Å². The summed E-state index contributed by atoms with van der Waals surface area (Å²) in [6.07, 6.45) is 25.8. The predicted molar refractivity (Wildman–Crippen MR) is 268 cm³/mol. The summed E-state index contributed by atoms with van der Waals surface area (Å²) in [4.78, 5) is 24.0. The molecule has 2 aliphatic heterocycles. The lowest BCUT2D eigenvalue weighted by Gasteiger charge is -2.60. The molecule has 0 bridgehead atoms. The molecule has 1 amide bonds. The van der Waals surface area contributed by atoms with Gasteiger partial charge in [0.1, 0.15) is 23.3 Å². The Morgan fingerprint density at radius 2 is 1.61 bits per heavy atom. The summed E-state index contributed by atoms with van der Waals surface area (Å²) in [6.45, 7) is 10.3. The van der Waals surface area contributed by atoms with Crippen molar-refractivity contribution in [3.63, 3.8) is 0 Å². The van der Waals surface area contributed by atoms with E-state index in [0.717, 1.165) is 91.7 Å². The Kier molecular flexibility index (Phi) is 22.2. The third-order valence-electron chi connectivity index (χ3n) is 14.2. The number of carbonyl (C=O) groups excluding carboxylic acids is 1. The average Bonchev–Trinajstić information content (AvgIpc) is 3.35. The van der Waals surface area contributed by atoms with Crippen molar-refractivity contribution >= 4 is 23.6 Å². The molecule has 7 unspecified atom stereocenters. The molecule has 7 atom stereocenters. The minimum atomic E-state index is -1.36. The minimum absolute atomic E-state index is 0.0926. The summed E-state index contributed by atoms with van der Waals surface area (Å²) >= 11 is 1.69. The van der Waals surface area contributed by atoms with E-state index in [-0.39, 0.29) is 43.7 Å². The van der Waals surface area contributed by atoms with E-state index in [4.69, 9.17) is 33.7 Å². The molecule has 2 N–H and O–H groups in total. The summed E-state index contributed by atoms with van der Waals surface area (Å²) in [7, 11) is 0. The molecule has 2 aromatic carbocycles. The monoisotopic (exact) mass is 947 g/mol. The molecule has 1 saturated heterocycles. The maximum absolute atomic E-state index is 14.7. The fraction of sp³-hybridized carbons (Fsp3) is 0.673. The first-order valence-electron chi connectivity index (χ1n) is 26.0. The Balaban J connectivity index is 1.42. The zero-order valence-corrected chi connectivity index (χ0v) is 41.8. The number of aliphatic hydroxyl groups excluding tert-OH is 2. The van der Waals surface area contributed by atoms with Gasteiger partial charge in [-0.25, -0.2) is 4.79 Å². The molecule has 0 aromatic heterocycles. The Morgan fingerprint density at radius 3 is 2.28 bits per heavy atom. The van der Waals surface area contributed by atoms with E-state index in [1.165, 1.54) is 44.9 Å². The Morgan fingerprint density at radius 1 is 0.896 bits per heavy atom. The lowest BCUT2D eigenvalue weighted by atomic mass is 9.55. The molecule has 6 rings (SSSR count). The van der Waals surface area contributed by atoms with E-state index >= 15 is 0 Å². The largest absolute Gasteiger partial charge is 0.459 e. The number of oxime groups is 1. The van der Waals surface area contributed by atoms with Crippen LogP contribution in [0.5, 0.6) is 17.2 Å². The first-order valence-corrected chi connectivity index (χ1v) is 27.2. The molecule has 11 nitrogen and oxygen atoms in total. The van der Waals surface area contributed by atoms with Crippen molar-refractivity contribution in [3.05, 3.63) is 72.3 Å². The number of allylic oxidation sites excluding steroid dienone is 1. The molecule has 372 valence electrons. The lowest BCUT2D eigenvalue weighted by Crippen LogP contribution is -2.70. The van der Waals surface area contributed by atoms with Crippen molar-refractivity contribution in [2.75, 3.05) is 45.8 Å². The number of carbonyl (C=O) groups is 1. The minimum Gasteiger partial charge on any atom is -0.459 e. The maximum atomic E-state index is 14.7. The number of amides is 1. The van der Waals surface area contributed by atoms with Gasteiger partial charge in [-0.3, -0.25) is 4.90 Å². The van der Waals surface area contributed by atoms with E-state index in [9.17, 15) is 15.0 Å². The SMILES string of the molecule is C=CCOC12Oc3ccc(Oc4ccc(SC)cc4)cc3C3C(CCCCO)C(CCCCO)C=C(C(=NOC4CCCCO4)CC1N(CCC)C(=O)OCCCCCCCCCCCC)C32. The molecular weight excluding hydrogens is 865 g/mol. The normalized spacial score (nSPS) is 24.8. The number of hydrogen-bond acceptors (Lipinski definition) is 11. The Hall–Kier alpha value is -3.55. The highest BCUT2D eigenvalue weighted by Crippen LogP contribution is 2.62. The van der Waals surface area contributed by atoms with Gasteiger partial charge in [-0.05, 0) is 117 Å². The number of benzene rings is 2. The summed E-state index contributed by atoms with van der Waals surface area (Å²) in [6, 6.07) is 13.6. The smallest absolute Gasteiger partial charge is 0.410 e. The van der Waals surface area contributed by atoms with Crippen molar-refractivity contribution in [1.29, 1.82) is 0 Å². The number of nitrogens with zero attached hydrogens (tertiary/aromatic N) is 2. The van der Waals surface area contributed by atoms with Crippen LogP contribution in [0.1, 0.15) is 160 Å². The molecule has 2 aliphatic carbocycles. The highest BCUT2D eigenvalue weighted by atomic mass is 32.2. The van der Waals surface area contributed by atoms with Gasteiger partial charge in [-0.15, -0.1) is 18.3 Å². The van der Waals surface area contributed by atoms with Crippen LogP contribution < -0.4 is 9.47 Å². The van der Waals surface area contributed by atoms with Crippen molar-refractivity contribution in [2.45, 2.75) is 178 Å². The first-order chi connectivity index (χ1) is 32.9. The maximum Gasteiger partial charge on any atom is 0.410 e. The van der Waals surface area contributed by atoms with Crippen molar-refractivity contribution in [2.24, 2.45) is 22.9 Å². The van der Waals surface area contributed by atoms with Gasteiger partial charge in [-0.1, -0.05) is 102 Å². The van der Waals surface area contributed by atoms with Crippen LogP contribution in [-0.2, 0) is 19.0 Å². The first kappa shape index (κ1) is 52.8. The second-order valence-electron chi connectivity index (χ2n) is 18.9. The van der Waals surface area contributed by atoms with Crippen LogP contribution in [0, 0.1) is 17.8 Å². The summed E-state index contributed by atoms with van der Waals surface area (Å²) < 4.78 is 33.4. The topological polar surface area (TPSA) is 129 Å². The molecule has 2 heterocycles. The molecule has 12 heteroatoms. The van der Waals surface area contributed by atoms with E-state index in [1.54, 1.807) is 17.8 Å². The molecule has 0 radical (unpaired) electrons. The number of aliphatic hydroxyl groups is 2. The zero-order chi connectivity index (χ0) is 47.3. The highest BCUT2D eigenvalue weighted by molar-refractivity contribution is 7.98. The molecule has 2 fully saturated rings. The highest BCUT2D eigenvalue weighted by Gasteiger charge is 2.65. The van der Waals surface area contributed by atoms with E-state index in [2.05, 4.69) is 51.0 Å². The van der Waals surface area contributed by atoms with Crippen LogP contribution in [0.3, 0.4) is 0 Å². The molecule has 1 saturated carbocycles. The average molecular weight is 947 g/mol. The predicted octanol–water partition coefficient (Wildman–Crippen LogP) is 13.1. The second-order valence-corrected chi connectivity index (χ2v) is 19.8. The van der Waals surface area contributed by atoms with Crippen LogP contribution in [0.25, 0.3) is 0 Å². The number of unbranched alkanes of at least 4 members (excludes halogenated alkanes) is 11. The Bertz CT molecular complexity index is 1850. The van der Waals surface area contributed by atoms with Crippen molar-refractivity contribution in [3.8, 4) is 17.2 Å². The number of hydrogen-bond donors (Lipinski definition) is 2. The fourth-order valence-corrected chi connectivity index (χ4v) is 11.3. The zero-order valence-electron chi connectivity index (χ0n) is 41.0.